The van der Waals surface area contributed by atoms with Crippen LogP contribution in [0.3, 0.4) is 0 Å². The quantitative estimate of drug-likeness (QED) is 0.636. The van der Waals surface area contributed by atoms with Crippen LogP contribution < -0.4 is 9.47 Å². The van der Waals surface area contributed by atoms with E-state index < -0.39 is 0 Å². The Balaban J connectivity index is 0.000000244. The molecular weight excluding hydrogens is 308 g/mol. The van der Waals surface area contributed by atoms with Gasteiger partial charge in [-0.1, -0.05) is 71.0 Å². The fraction of sp³-hybridized carbons (Fsp3) is 0.478. The van der Waals surface area contributed by atoms with E-state index in [4.69, 9.17) is 9.47 Å². The van der Waals surface area contributed by atoms with Crippen molar-refractivity contribution in [3.8, 4) is 11.5 Å². The summed E-state index contributed by atoms with van der Waals surface area (Å²) in [5.41, 5.74) is 4.11. The lowest BCUT2D eigenvalue weighted by atomic mass is 10.0. The van der Waals surface area contributed by atoms with Gasteiger partial charge in [-0.3, -0.25) is 0 Å². The van der Waals surface area contributed by atoms with E-state index in [2.05, 4.69) is 71.0 Å². The first kappa shape index (κ1) is 21.1. The van der Waals surface area contributed by atoms with Crippen molar-refractivity contribution in [2.24, 2.45) is 11.8 Å². The Morgan fingerprint density at radius 1 is 0.760 bits per heavy atom. The third-order valence-corrected chi connectivity index (χ3v) is 3.85. The van der Waals surface area contributed by atoms with Crippen LogP contribution in [0.15, 0.2) is 42.5 Å². The van der Waals surface area contributed by atoms with Gasteiger partial charge in [-0.15, -0.1) is 0 Å². The number of ether oxygens (including phenoxy) is 2. The molecule has 0 aliphatic carbocycles. The van der Waals surface area contributed by atoms with Crippen LogP contribution in [0.2, 0.25) is 0 Å². The van der Waals surface area contributed by atoms with E-state index in [1.54, 1.807) is 0 Å². The van der Waals surface area contributed by atoms with Crippen molar-refractivity contribution in [1.29, 1.82) is 0 Å². The average Bonchev–Trinajstić information content (AvgIpc) is 2.97. The van der Waals surface area contributed by atoms with Crippen molar-refractivity contribution in [3.05, 3.63) is 59.2 Å². The first-order chi connectivity index (χ1) is 11.4. The van der Waals surface area contributed by atoms with Gasteiger partial charge in [0.25, 0.3) is 0 Å². The van der Waals surface area contributed by atoms with Crippen LogP contribution in [0.4, 0.5) is 0 Å². The SMILES string of the molecule is C.CC(C)Cc1ccc2c(c1)OCO2.Cc1ccc(CC(C)C)cc1. The van der Waals surface area contributed by atoms with Crippen molar-refractivity contribution in [2.75, 3.05) is 6.79 Å². The van der Waals surface area contributed by atoms with E-state index in [0.29, 0.717) is 12.7 Å². The van der Waals surface area contributed by atoms with Crippen molar-refractivity contribution in [1.82, 2.24) is 0 Å². The molecule has 1 heterocycles. The molecule has 1 aliphatic rings. The van der Waals surface area contributed by atoms with Crippen molar-refractivity contribution in [3.63, 3.8) is 0 Å². The molecule has 0 fully saturated rings. The molecule has 0 saturated heterocycles. The number of rotatable bonds is 4. The van der Waals surface area contributed by atoms with Crippen LogP contribution in [0.1, 0.15) is 51.8 Å². The van der Waals surface area contributed by atoms with Crippen LogP contribution in [-0.2, 0) is 12.8 Å². The Morgan fingerprint density at radius 2 is 1.28 bits per heavy atom. The normalized spacial score (nSPS) is 11.8. The van der Waals surface area contributed by atoms with Crippen LogP contribution in [0.25, 0.3) is 0 Å². The summed E-state index contributed by atoms with van der Waals surface area (Å²) in [6, 6.07) is 15.0. The third kappa shape index (κ3) is 7.21. The molecule has 1 aliphatic heterocycles. The number of hydrogen-bond acceptors (Lipinski definition) is 2. The molecule has 2 nitrogen and oxygen atoms in total. The van der Waals surface area contributed by atoms with Gasteiger partial charge in [0.05, 0.1) is 0 Å². The molecule has 0 radical (unpaired) electrons. The lowest BCUT2D eigenvalue weighted by molar-refractivity contribution is 0.174. The first-order valence-corrected chi connectivity index (χ1v) is 8.88. The molecular formula is C23H34O2. The summed E-state index contributed by atoms with van der Waals surface area (Å²) in [5, 5.41) is 0. The molecule has 0 spiro atoms. The maximum atomic E-state index is 5.30. The molecule has 0 amide bonds. The van der Waals surface area contributed by atoms with E-state index in [9.17, 15) is 0 Å². The highest BCUT2D eigenvalue weighted by molar-refractivity contribution is 5.44. The van der Waals surface area contributed by atoms with Crippen molar-refractivity contribution < 1.29 is 9.47 Å². The molecule has 25 heavy (non-hydrogen) atoms. The minimum Gasteiger partial charge on any atom is -0.454 e. The monoisotopic (exact) mass is 342 g/mol. The first-order valence-electron chi connectivity index (χ1n) is 8.88. The second-order valence-electron chi connectivity index (χ2n) is 7.37. The number of benzene rings is 2. The van der Waals surface area contributed by atoms with Crippen LogP contribution in [-0.4, -0.2) is 6.79 Å². The zero-order chi connectivity index (χ0) is 17.5. The Hall–Kier alpha value is -1.96. The molecule has 3 rings (SSSR count). The molecule has 0 N–H and O–H groups in total. The smallest absolute Gasteiger partial charge is 0.231 e. The zero-order valence-corrected chi connectivity index (χ0v) is 15.6. The van der Waals surface area contributed by atoms with Crippen molar-refractivity contribution >= 4 is 0 Å². The van der Waals surface area contributed by atoms with Gasteiger partial charge in [-0.2, -0.15) is 0 Å². The molecule has 138 valence electrons. The summed E-state index contributed by atoms with van der Waals surface area (Å²) in [4.78, 5) is 0. The predicted octanol–water partition coefficient (Wildman–Crippen LogP) is 6.44. The number of fused-ring (bicyclic) bond motifs is 1. The number of aryl methyl sites for hydroxylation is 1. The second kappa shape index (κ2) is 10.1. The zero-order valence-electron chi connectivity index (χ0n) is 15.6. The van der Waals surface area contributed by atoms with E-state index >= 15 is 0 Å². The van der Waals surface area contributed by atoms with Gasteiger partial charge < -0.3 is 9.47 Å². The van der Waals surface area contributed by atoms with Gasteiger partial charge in [0.1, 0.15) is 0 Å². The maximum absolute atomic E-state index is 5.30. The fourth-order valence-electron chi connectivity index (χ4n) is 2.73. The summed E-state index contributed by atoms with van der Waals surface area (Å²) in [6.07, 6.45) is 2.29. The van der Waals surface area contributed by atoms with Crippen LogP contribution in [0, 0.1) is 18.8 Å². The Kier molecular flexibility index (Phi) is 8.54. The molecule has 0 unspecified atom stereocenters. The number of hydrogen-bond donors (Lipinski definition) is 0. The Morgan fingerprint density at radius 3 is 1.88 bits per heavy atom. The summed E-state index contributed by atoms with van der Waals surface area (Å²) in [7, 11) is 0. The minimum absolute atomic E-state index is 0. The summed E-state index contributed by atoms with van der Waals surface area (Å²) in [5.74, 6) is 3.20. The molecule has 0 saturated carbocycles. The second-order valence-corrected chi connectivity index (χ2v) is 7.37. The largest absolute Gasteiger partial charge is 0.454 e. The molecule has 0 atom stereocenters. The van der Waals surface area contributed by atoms with E-state index in [1.165, 1.54) is 23.1 Å². The summed E-state index contributed by atoms with van der Waals surface area (Å²) < 4.78 is 10.5. The highest BCUT2D eigenvalue weighted by atomic mass is 16.7. The summed E-state index contributed by atoms with van der Waals surface area (Å²) in [6.45, 7) is 11.4. The van der Waals surface area contributed by atoms with Gasteiger partial charge in [0.15, 0.2) is 11.5 Å². The van der Waals surface area contributed by atoms with E-state index in [0.717, 1.165) is 23.8 Å². The Labute approximate surface area is 154 Å². The lowest BCUT2D eigenvalue weighted by Gasteiger charge is -2.05. The van der Waals surface area contributed by atoms with Gasteiger partial charge in [0.2, 0.25) is 6.79 Å². The molecule has 2 aromatic rings. The lowest BCUT2D eigenvalue weighted by Crippen LogP contribution is -1.94. The topological polar surface area (TPSA) is 18.5 Å². The van der Waals surface area contributed by atoms with E-state index in [-0.39, 0.29) is 7.43 Å². The van der Waals surface area contributed by atoms with Gasteiger partial charge >= 0.3 is 0 Å². The van der Waals surface area contributed by atoms with Crippen molar-refractivity contribution in [2.45, 2.75) is 54.9 Å². The molecule has 2 aromatic carbocycles. The highest BCUT2D eigenvalue weighted by Crippen LogP contribution is 2.32. The predicted molar refractivity (Wildman–Crippen MR) is 108 cm³/mol. The summed E-state index contributed by atoms with van der Waals surface area (Å²) >= 11 is 0. The minimum atomic E-state index is 0. The van der Waals surface area contributed by atoms with Crippen LogP contribution in [0.5, 0.6) is 11.5 Å². The van der Waals surface area contributed by atoms with E-state index in [1.807, 2.05) is 6.07 Å². The van der Waals surface area contributed by atoms with Gasteiger partial charge in [-0.05, 0) is 54.9 Å². The van der Waals surface area contributed by atoms with Gasteiger partial charge in [0, 0.05) is 0 Å². The van der Waals surface area contributed by atoms with Crippen LogP contribution >= 0.6 is 0 Å². The fourth-order valence-corrected chi connectivity index (χ4v) is 2.73. The van der Waals surface area contributed by atoms with Gasteiger partial charge in [-0.25, -0.2) is 0 Å². The molecule has 2 heteroatoms. The molecule has 0 aromatic heterocycles. The highest BCUT2D eigenvalue weighted by Gasteiger charge is 2.13. The third-order valence-electron chi connectivity index (χ3n) is 3.85. The average molecular weight is 343 g/mol. The standard InChI is InChI=1S/C11H14O2.C11H16.CH4/c1-8(2)5-9-3-4-10-11(6-9)13-7-12-10;1-9(2)8-11-6-4-10(3)5-7-11;/h3-4,6,8H,5,7H2,1-2H3;4-7,9H,8H2,1-3H3;1H4. The molecule has 0 bridgehead atoms. The maximum Gasteiger partial charge on any atom is 0.231 e. The Bertz CT molecular complexity index is 627.